The van der Waals surface area contributed by atoms with Crippen LogP contribution in [-0.4, -0.2) is 85.3 Å². The van der Waals surface area contributed by atoms with Gasteiger partial charge in [-0.05, 0) is 26.3 Å². The van der Waals surface area contributed by atoms with Crippen molar-refractivity contribution in [3.63, 3.8) is 0 Å². The lowest BCUT2D eigenvalue weighted by Gasteiger charge is -2.36. The first kappa shape index (κ1) is 22.5. The Bertz CT molecular complexity index is 967. The number of aromatic hydroxyl groups is 2. The number of benzene rings is 1. The van der Waals surface area contributed by atoms with E-state index in [4.69, 9.17) is 9.47 Å². The third kappa shape index (κ3) is 4.30. The average Bonchev–Trinajstić information content (AvgIpc) is 2.79. The van der Waals surface area contributed by atoms with E-state index < -0.39 is 11.6 Å². The maximum absolute atomic E-state index is 13.5. The van der Waals surface area contributed by atoms with Crippen molar-refractivity contribution in [1.82, 2.24) is 4.90 Å². The van der Waals surface area contributed by atoms with Crippen molar-refractivity contribution in [2.45, 2.75) is 26.3 Å². The van der Waals surface area contributed by atoms with E-state index in [1.54, 1.807) is 0 Å². The third-order valence-electron chi connectivity index (χ3n) is 6.23. The molecule has 3 aliphatic rings. The summed E-state index contributed by atoms with van der Waals surface area (Å²) in [4.78, 5) is 30.7. The number of fused-ring (bicyclic) bond motifs is 1. The minimum atomic E-state index is -0.465. The van der Waals surface area contributed by atoms with Crippen LogP contribution in [0.3, 0.4) is 0 Å². The van der Waals surface area contributed by atoms with Crippen molar-refractivity contribution >= 4 is 17.3 Å². The van der Waals surface area contributed by atoms with Gasteiger partial charge in [0.25, 0.3) is 0 Å². The first-order valence-corrected chi connectivity index (χ1v) is 11.1. The van der Waals surface area contributed by atoms with Crippen LogP contribution in [0.15, 0.2) is 29.4 Å². The van der Waals surface area contributed by atoms with E-state index >= 15 is 0 Å². The van der Waals surface area contributed by atoms with E-state index in [0.717, 1.165) is 5.57 Å². The van der Waals surface area contributed by atoms with Gasteiger partial charge in [-0.2, -0.15) is 0 Å². The van der Waals surface area contributed by atoms with Gasteiger partial charge in [0.2, 0.25) is 0 Å². The Balaban J connectivity index is 1.74. The molecule has 0 bridgehead atoms. The molecule has 2 fully saturated rings. The fourth-order valence-corrected chi connectivity index (χ4v) is 4.54. The van der Waals surface area contributed by atoms with Crippen LogP contribution >= 0.6 is 0 Å². The smallest absolute Gasteiger partial charge is 0.195 e. The molecule has 2 heterocycles. The van der Waals surface area contributed by atoms with Crippen molar-refractivity contribution < 1.29 is 29.3 Å². The van der Waals surface area contributed by atoms with E-state index in [-0.39, 0.29) is 28.7 Å². The summed E-state index contributed by atoms with van der Waals surface area (Å²) in [6, 6.07) is 1.08. The van der Waals surface area contributed by atoms with Crippen LogP contribution in [0.4, 0.5) is 5.69 Å². The van der Waals surface area contributed by atoms with Gasteiger partial charge in [-0.1, -0.05) is 11.6 Å². The van der Waals surface area contributed by atoms with Gasteiger partial charge in [0.15, 0.2) is 17.3 Å². The normalized spacial score (nSPS) is 20.6. The number of rotatable bonds is 5. The molecule has 2 N–H and O–H groups in total. The first-order chi connectivity index (χ1) is 15.4. The molecule has 8 heteroatoms. The Kier molecular flexibility index (Phi) is 6.64. The number of anilines is 1. The summed E-state index contributed by atoms with van der Waals surface area (Å²) in [6.45, 7) is 8.43. The van der Waals surface area contributed by atoms with Crippen LogP contribution < -0.4 is 4.90 Å². The van der Waals surface area contributed by atoms with Gasteiger partial charge < -0.3 is 24.6 Å². The summed E-state index contributed by atoms with van der Waals surface area (Å²) in [7, 11) is 0. The van der Waals surface area contributed by atoms with E-state index in [0.29, 0.717) is 70.3 Å². The van der Waals surface area contributed by atoms with Gasteiger partial charge in [-0.3, -0.25) is 14.5 Å². The SMILES string of the molecule is CC(C)=CCC(C1=CC(=O)c2c(O)c(N3CCOCC3)cc(O)c2C1=O)N1CCOCC1. The number of allylic oxidation sites excluding steroid dienone is 2. The molecule has 1 aromatic carbocycles. The summed E-state index contributed by atoms with van der Waals surface area (Å²) in [6.07, 6.45) is 3.96. The Labute approximate surface area is 187 Å². The summed E-state index contributed by atoms with van der Waals surface area (Å²) in [5, 5.41) is 21.7. The molecule has 1 unspecified atom stereocenters. The number of morpholine rings is 2. The number of hydrogen-bond acceptors (Lipinski definition) is 8. The zero-order valence-corrected chi connectivity index (χ0v) is 18.6. The van der Waals surface area contributed by atoms with Gasteiger partial charge in [0, 0.05) is 43.9 Å². The predicted molar refractivity (Wildman–Crippen MR) is 120 cm³/mol. The van der Waals surface area contributed by atoms with Crippen molar-refractivity contribution in [2.24, 2.45) is 0 Å². The average molecular weight is 443 g/mol. The molecular weight excluding hydrogens is 412 g/mol. The highest BCUT2D eigenvalue weighted by Gasteiger charge is 2.38. The number of ketones is 2. The molecule has 1 atom stereocenters. The maximum Gasteiger partial charge on any atom is 0.195 e. The van der Waals surface area contributed by atoms with Gasteiger partial charge in [0.1, 0.15) is 5.75 Å². The molecule has 1 aliphatic carbocycles. The second-order valence-electron chi connectivity index (χ2n) is 8.59. The lowest BCUT2D eigenvalue weighted by Crippen LogP contribution is -2.46. The van der Waals surface area contributed by atoms with Gasteiger partial charge >= 0.3 is 0 Å². The van der Waals surface area contributed by atoms with Crippen LogP contribution in [0.1, 0.15) is 41.0 Å². The summed E-state index contributed by atoms with van der Waals surface area (Å²) < 4.78 is 10.8. The maximum atomic E-state index is 13.5. The molecule has 2 aliphatic heterocycles. The summed E-state index contributed by atoms with van der Waals surface area (Å²) >= 11 is 0. The molecule has 2 saturated heterocycles. The van der Waals surface area contributed by atoms with Gasteiger partial charge in [-0.15, -0.1) is 0 Å². The number of ether oxygens (including phenoxy) is 2. The number of phenols is 2. The molecule has 172 valence electrons. The standard InChI is InChI=1S/C24H30N2O6/c1-15(2)3-4-17(25-5-9-31-10-6-25)16-13-19(27)22-21(23(16)29)20(28)14-18(24(22)30)26-7-11-32-12-8-26/h3,13-14,17,28,30H,4-12H2,1-2H3. The zero-order chi connectivity index (χ0) is 22.8. The topological polar surface area (TPSA) is 99.5 Å². The molecule has 0 amide bonds. The number of hydrogen-bond donors (Lipinski definition) is 2. The van der Waals surface area contributed by atoms with Crippen molar-refractivity contribution in [1.29, 1.82) is 0 Å². The Morgan fingerprint density at radius 1 is 1.03 bits per heavy atom. The molecule has 32 heavy (non-hydrogen) atoms. The molecule has 1 aromatic rings. The minimum absolute atomic E-state index is 0.113. The van der Waals surface area contributed by atoms with Crippen molar-refractivity contribution in [3.8, 4) is 11.5 Å². The fraction of sp³-hybridized carbons (Fsp3) is 0.500. The quantitative estimate of drug-likeness (QED) is 0.529. The second-order valence-corrected chi connectivity index (χ2v) is 8.59. The summed E-state index contributed by atoms with van der Waals surface area (Å²) in [5.41, 5.74) is 1.57. The van der Waals surface area contributed by atoms with Crippen LogP contribution in [0.2, 0.25) is 0 Å². The fourth-order valence-electron chi connectivity index (χ4n) is 4.54. The molecule has 0 spiro atoms. The number of phenolic OH excluding ortho intramolecular Hbond substituents is 2. The number of carbonyl (C=O) groups excluding carboxylic acids is 2. The first-order valence-electron chi connectivity index (χ1n) is 11.1. The summed E-state index contributed by atoms with van der Waals surface area (Å²) in [5.74, 6) is -1.43. The lowest BCUT2D eigenvalue weighted by molar-refractivity contribution is 0.0235. The van der Waals surface area contributed by atoms with Crippen molar-refractivity contribution in [3.05, 3.63) is 40.5 Å². The third-order valence-corrected chi connectivity index (χ3v) is 6.23. The van der Waals surface area contributed by atoms with Crippen molar-refractivity contribution in [2.75, 3.05) is 57.5 Å². The predicted octanol–water partition coefficient (Wildman–Crippen LogP) is 2.30. The monoisotopic (exact) mass is 442 g/mol. The number of carbonyl (C=O) groups is 2. The van der Waals surface area contributed by atoms with Crippen LogP contribution in [0.5, 0.6) is 11.5 Å². The molecular formula is C24H30N2O6. The minimum Gasteiger partial charge on any atom is -0.507 e. The number of Topliss-reactive ketones (excluding diaryl/α,β-unsaturated/α-hetero) is 1. The van der Waals surface area contributed by atoms with Crippen LogP contribution in [0.25, 0.3) is 0 Å². The Morgan fingerprint density at radius 2 is 1.66 bits per heavy atom. The highest BCUT2D eigenvalue weighted by atomic mass is 16.5. The van der Waals surface area contributed by atoms with Crippen LogP contribution in [0, 0.1) is 0 Å². The molecule has 8 nitrogen and oxygen atoms in total. The lowest BCUT2D eigenvalue weighted by atomic mass is 9.83. The highest BCUT2D eigenvalue weighted by molar-refractivity contribution is 6.27. The zero-order valence-electron chi connectivity index (χ0n) is 18.6. The van der Waals surface area contributed by atoms with Gasteiger partial charge in [-0.25, -0.2) is 0 Å². The van der Waals surface area contributed by atoms with Crippen LogP contribution in [-0.2, 0) is 9.47 Å². The van der Waals surface area contributed by atoms with E-state index in [1.807, 2.05) is 24.8 Å². The second kappa shape index (κ2) is 9.44. The molecule has 0 aromatic heterocycles. The molecule has 4 rings (SSSR count). The largest absolute Gasteiger partial charge is 0.507 e. The van der Waals surface area contributed by atoms with E-state index in [9.17, 15) is 19.8 Å². The highest BCUT2D eigenvalue weighted by Crippen LogP contribution is 2.43. The molecule has 0 radical (unpaired) electrons. The van der Waals surface area contributed by atoms with Gasteiger partial charge in [0.05, 0.1) is 43.2 Å². The molecule has 0 saturated carbocycles. The van der Waals surface area contributed by atoms with E-state index in [2.05, 4.69) is 4.90 Å². The Hall–Kier alpha value is -2.68. The number of nitrogens with zero attached hydrogens (tertiary/aromatic N) is 2. The van der Waals surface area contributed by atoms with E-state index in [1.165, 1.54) is 12.1 Å². The Morgan fingerprint density at radius 3 is 2.28 bits per heavy atom.